The number of aromatic carboxylic acids is 1. The van der Waals surface area contributed by atoms with E-state index in [-0.39, 0.29) is 23.5 Å². The van der Waals surface area contributed by atoms with Crippen molar-refractivity contribution in [3.8, 4) is 11.1 Å². The number of likely N-dealkylation sites (tertiary alicyclic amines) is 1. The van der Waals surface area contributed by atoms with E-state index in [9.17, 15) is 24.3 Å². The van der Waals surface area contributed by atoms with Gasteiger partial charge >= 0.3 is 12.1 Å². The SMILES string of the molecule is COC(=O)N1CCC(c2ccc(C(=O)Nc3ccc(-c4ccc(C(=O)Nc5ccc(C(=O)O)c6ccccc56)cc4)cc3)cc2)CC1. The van der Waals surface area contributed by atoms with E-state index >= 15 is 0 Å². The van der Waals surface area contributed by atoms with Crippen molar-refractivity contribution in [1.82, 2.24) is 4.90 Å². The number of carboxylic acid groups (broad SMARTS) is 1. The van der Waals surface area contributed by atoms with Crippen LogP contribution in [0.4, 0.5) is 16.2 Å². The number of ether oxygens (including phenoxy) is 1. The molecule has 9 nitrogen and oxygen atoms in total. The monoisotopic (exact) mass is 627 g/mol. The van der Waals surface area contributed by atoms with Crippen molar-refractivity contribution in [3.05, 3.63) is 131 Å². The van der Waals surface area contributed by atoms with Crippen LogP contribution in [0, 0.1) is 0 Å². The molecule has 0 aromatic heterocycles. The van der Waals surface area contributed by atoms with Crippen molar-refractivity contribution in [1.29, 1.82) is 0 Å². The number of carbonyl (C=O) groups is 4. The Morgan fingerprint density at radius 2 is 1.23 bits per heavy atom. The molecule has 0 atom stereocenters. The smallest absolute Gasteiger partial charge is 0.409 e. The van der Waals surface area contributed by atoms with Crippen LogP contribution in [0.3, 0.4) is 0 Å². The number of carboxylic acids is 1. The van der Waals surface area contributed by atoms with E-state index in [2.05, 4.69) is 10.6 Å². The number of benzene rings is 5. The van der Waals surface area contributed by atoms with Gasteiger partial charge in [0.25, 0.3) is 11.8 Å². The Balaban J connectivity index is 1.05. The number of amides is 3. The Kier molecular flexibility index (Phi) is 8.97. The largest absolute Gasteiger partial charge is 0.478 e. The highest BCUT2D eigenvalue weighted by molar-refractivity contribution is 6.13. The molecule has 0 unspecified atom stereocenters. The normalized spacial score (nSPS) is 13.2. The molecule has 5 aromatic carbocycles. The van der Waals surface area contributed by atoms with Crippen LogP contribution in [0.5, 0.6) is 0 Å². The summed E-state index contributed by atoms with van der Waals surface area (Å²) in [5.74, 6) is -1.20. The van der Waals surface area contributed by atoms with Gasteiger partial charge in [0.1, 0.15) is 0 Å². The molecule has 1 saturated heterocycles. The van der Waals surface area contributed by atoms with Crippen molar-refractivity contribution in [2.75, 3.05) is 30.8 Å². The molecular formula is C38H33N3O6. The topological polar surface area (TPSA) is 125 Å². The van der Waals surface area contributed by atoms with Crippen molar-refractivity contribution < 1.29 is 29.0 Å². The molecule has 47 heavy (non-hydrogen) atoms. The summed E-state index contributed by atoms with van der Waals surface area (Å²) in [5.41, 5.74) is 5.37. The van der Waals surface area contributed by atoms with Gasteiger partial charge in [-0.2, -0.15) is 0 Å². The van der Waals surface area contributed by atoms with Crippen LogP contribution in [0.2, 0.25) is 0 Å². The van der Waals surface area contributed by atoms with Crippen LogP contribution < -0.4 is 10.6 Å². The first-order chi connectivity index (χ1) is 22.8. The number of piperidine rings is 1. The third-order valence-corrected chi connectivity index (χ3v) is 8.60. The summed E-state index contributed by atoms with van der Waals surface area (Å²) in [6.45, 7) is 1.30. The number of nitrogens with one attached hydrogen (secondary N) is 2. The van der Waals surface area contributed by atoms with E-state index in [4.69, 9.17) is 4.74 Å². The molecular weight excluding hydrogens is 594 g/mol. The van der Waals surface area contributed by atoms with Gasteiger partial charge in [-0.1, -0.05) is 60.7 Å². The maximum atomic E-state index is 13.0. The third kappa shape index (κ3) is 6.84. The van der Waals surface area contributed by atoms with Crippen LogP contribution in [-0.4, -0.2) is 54.1 Å². The summed E-state index contributed by atoms with van der Waals surface area (Å²) in [6, 6.07) is 32.5. The van der Waals surface area contributed by atoms with Crippen molar-refractivity contribution in [2.45, 2.75) is 18.8 Å². The van der Waals surface area contributed by atoms with Gasteiger partial charge in [-0.15, -0.1) is 0 Å². The van der Waals surface area contributed by atoms with Gasteiger partial charge in [0, 0.05) is 41.0 Å². The van der Waals surface area contributed by atoms with Crippen molar-refractivity contribution in [2.24, 2.45) is 0 Å². The van der Waals surface area contributed by atoms with Gasteiger partial charge in [-0.05, 0) is 89.4 Å². The molecule has 3 N–H and O–H groups in total. The second-order valence-electron chi connectivity index (χ2n) is 11.4. The molecule has 1 aliphatic rings. The fourth-order valence-electron chi connectivity index (χ4n) is 5.98. The lowest BCUT2D eigenvalue weighted by atomic mass is 9.89. The van der Waals surface area contributed by atoms with E-state index in [0.717, 1.165) is 29.5 Å². The number of methoxy groups -OCH3 is 1. The molecule has 0 saturated carbocycles. The molecule has 236 valence electrons. The summed E-state index contributed by atoms with van der Waals surface area (Å²) in [7, 11) is 1.40. The van der Waals surface area contributed by atoms with Gasteiger partial charge in [-0.25, -0.2) is 9.59 Å². The number of hydrogen-bond acceptors (Lipinski definition) is 5. The Bertz CT molecular complexity index is 1950. The number of nitrogens with zero attached hydrogens (tertiary/aromatic N) is 1. The number of carbonyl (C=O) groups excluding carboxylic acids is 3. The summed E-state index contributed by atoms with van der Waals surface area (Å²) in [4.78, 5) is 51.0. The molecule has 1 fully saturated rings. The highest BCUT2D eigenvalue weighted by Gasteiger charge is 2.24. The molecule has 1 aliphatic heterocycles. The zero-order valence-corrected chi connectivity index (χ0v) is 25.7. The maximum Gasteiger partial charge on any atom is 0.409 e. The Hall–Kier alpha value is -5.96. The Morgan fingerprint density at radius 3 is 1.83 bits per heavy atom. The molecule has 0 radical (unpaired) electrons. The lowest BCUT2D eigenvalue weighted by Crippen LogP contribution is -2.37. The first kappa shape index (κ1) is 31.0. The maximum absolute atomic E-state index is 13.0. The minimum absolute atomic E-state index is 0.175. The fraction of sp³-hybridized carbons (Fsp3) is 0.158. The lowest BCUT2D eigenvalue weighted by molar-refractivity contribution is 0.0698. The highest BCUT2D eigenvalue weighted by Crippen LogP contribution is 2.30. The summed E-state index contributed by atoms with van der Waals surface area (Å²) in [5, 5.41) is 16.6. The minimum atomic E-state index is -1.03. The van der Waals surface area contributed by atoms with Gasteiger partial charge in [0.05, 0.1) is 12.7 Å². The quantitative estimate of drug-likeness (QED) is 0.170. The van der Waals surface area contributed by atoms with Crippen LogP contribution >= 0.6 is 0 Å². The Labute approximate surface area is 271 Å². The standard InChI is InChI=1S/C38H33N3O6/c1-47-38(46)41-22-20-27(21-23-41)25-8-10-28(11-9-25)35(42)39-30-16-14-26(15-17-30)24-6-12-29(13-7-24)36(43)40-34-19-18-33(37(44)45)31-4-2-3-5-32(31)34/h2-19,27H,20-23H2,1H3,(H,39,42)(H,40,43)(H,44,45). The summed E-state index contributed by atoms with van der Waals surface area (Å²) >= 11 is 0. The van der Waals surface area contributed by atoms with E-state index in [0.29, 0.717) is 52.3 Å². The van der Waals surface area contributed by atoms with Gasteiger partial charge in [0.2, 0.25) is 0 Å². The fourth-order valence-corrected chi connectivity index (χ4v) is 5.98. The van der Waals surface area contributed by atoms with Gasteiger partial charge in [-0.3, -0.25) is 9.59 Å². The van der Waals surface area contributed by atoms with Crippen LogP contribution in [0.1, 0.15) is 55.4 Å². The highest BCUT2D eigenvalue weighted by atomic mass is 16.5. The molecule has 0 bridgehead atoms. The molecule has 0 aliphatic carbocycles. The minimum Gasteiger partial charge on any atom is -0.478 e. The lowest BCUT2D eigenvalue weighted by Gasteiger charge is -2.31. The number of anilines is 2. The third-order valence-electron chi connectivity index (χ3n) is 8.60. The van der Waals surface area contributed by atoms with Crippen LogP contribution in [-0.2, 0) is 4.74 Å². The average Bonchev–Trinajstić information content (AvgIpc) is 3.11. The molecule has 9 heteroatoms. The molecule has 5 aromatic rings. The zero-order chi connectivity index (χ0) is 32.9. The van der Waals surface area contributed by atoms with Gasteiger partial charge in [0.15, 0.2) is 0 Å². The number of fused-ring (bicyclic) bond motifs is 1. The van der Waals surface area contributed by atoms with Crippen LogP contribution in [0.15, 0.2) is 109 Å². The second kappa shape index (κ2) is 13.6. The van der Waals surface area contributed by atoms with Crippen molar-refractivity contribution in [3.63, 3.8) is 0 Å². The molecule has 0 spiro atoms. The van der Waals surface area contributed by atoms with E-state index in [1.54, 1.807) is 47.4 Å². The Morgan fingerprint density at radius 1 is 0.681 bits per heavy atom. The summed E-state index contributed by atoms with van der Waals surface area (Å²) < 4.78 is 4.81. The van der Waals surface area contributed by atoms with E-state index < -0.39 is 5.97 Å². The zero-order valence-electron chi connectivity index (χ0n) is 25.7. The van der Waals surface area contributed by atoms with Gasteiger partial charge < -0.3 is 25.4 Å². The van der Waals surface area contributed by atoms with Crippen molar-refractivity contribution >= 4 is 46.0 Å². The second-order valence-corrected chi connectivity index (χ2v) is 11.4. The van der Waals surface area contributed by atoms with Crippen LogP contribution in [0.25, 0.3) is 21.9 Å². The average molecular weight is 628 g/mol. The predicted octanol–water partition coefficient (Wildman–Crippen LogP) is 7.66. The molecule has 6 rings (SSSR count). The molecule has 3 amide bonds. The number of rotatable bonds is 7. The van der Waals surface area contributed by atoms with E-state index in [1.807, 2.05) is 60.7 Å². The summed E-state index contributed by atoms with van der Waals surface area (Å²) in [6.07, 6.45) is 1.41. The first-order valence-electron chi connectivity index (χ1n) is 15.3. The van der Waals surface area contributed by atoms with E-state index in [1.165, 1.54) is 13.2 Å². The first-order valence-corrected chi connectivity index (χ1v) is 15.3. The number of hydrogen-bond donors (Lipinski definition) is 3. The molecule has 1 heterocycles. The predicted molar refractivity (Wildman–Crippen MR) is 181 cm³/mol.